The second-order valence-electron chi connectivity index (χ2n) is 3.15. The lowest BCUT2D eigenvalue weighted by atomic mass is 10.1. The van der Waals surface area contributed by atoms with E-state index in [9.17, 15) is 9.59 Å². The average Bonchev–Trinajstić information content (AvgIpc) is 2.77. The van der Waals surface area contributed by atoms with Gasteiger partial charge in [-0.2, -0.15) is 0 Å². The van der Waals surface area contributed by atoms with E-state index in [1.807, 2.05) is 6.07 Å². The standard InChI is InChI=1S/C11H8N2O3S/c14-9(7-4-2-1-3-5-7)8-6-12-10(17-8)13-11(15)16/h1-6H,(H,12,13)(H,15,16). The lowest BCUT2D eigenvalue weighted by Crippen LogP contribution is -2.06. The third-order valence-electron chi connectivity index (χ3n) is 1.98. The third-order valence-corrected chi connectivity index (χ3v) is 2.89. The van der Waals surface area contributed by atoms with Gasteiger partial charge in [0.2, 0.25) is 5.78 Å². The monoisotopic (exact) mass is 248 g/mol. The highest BCUT2D eigenvalue weighted by Crippen LogP contribution is 2.20. The number of carbonyl (C=O) groups excluding carboxylic acids is 1. The summed E-state index contributed by atoms with van der Waals surface area (Å²) >= 11 is 1.01. The first kappa shape index (κ1) is 11.3. The fraction of sp³-hybridized carbons (Fsp3) is 0. The van der Waals surface area contributed by atoms with Gasteiger partial charge >= 0.3 is 6.09 Å². The van der Waals surface area contributed by atoms with Crippen molar-refractivity contribution in [3.63, 3.8) is 0 Å². The van der Waals surface area contributed by atoms with E-state index in [2.05, 4.69) is 10.3 Å². The molecule has 2 aromatic rings. The van der Waals surface area contributed by atoms with Crippen molar-refractivity contribution in [3.05, 3.63) is 47.0 Å². The van der Waals surface area contributed by atoms with E-state index in [-0.39, 0.29) is 10.9 Å². The van der Waals surface area contributed by atoms with Gasteiger partial charge < -0.3 is 5.11 Å². The number of carbonyl (C=O) groups is 2. The van der Waals surface area contributed by atoms with Crippen molar-refractivity contribution in [2.45, 2.75) is 0 Å². The lowest BCUT2D eigenvalue weighted by molar-refractivity contribution is 0.104. The Balaban J connectivity index is 2.21. The van der Waals surface area contributed by atoms with Gasteiger partial charge in [-0.25, -0.2) is 9.78 Å². The minimum absolute atomic E-state index is 0.165. The van der Waals surface area contributed by atoms with Gasteiger partial charge in [0.05, 0.1) is 11.1 Å². The lowest BCUT2D eigenvalue weighted by Gasteiger charge is -1.95. The van der Waals surface area contributed by atoms with Crippen molar-refractivity contribution in [2.24, 2.45) is 0 Å². The van der Waals surface area contributed by atoms with Crippen LogP contribution in [0.4, 0.5) is 9.93 Å². The molecular weight excluding hydrogens is 240 g/mol. The molecule has 0 atom stereocenters. The molecule has 0 aliphatic carbocycles. The highest BCUT2D eigenvalue weighted by molar-refractivity contribution is 7.17. The summed E-state index contributed by atoms with van der Waals surface area (Å²) in [5.74, 6) is -0.165. The molecule has 1 aromatic heterocycles. The first-order valence-electron chi connectivity index (χ1n) is 4.72. The van der Waals surface area contributed by atoms with Crippen LogP contribution in [-0.4, -0.2) is 22.0 Å². The molecule has 1 heterocycles. The first-order chi connectivity index (χ1) is 8.16. The molecule has 0 aliphatic rings. The van der Waals surface area contributed by atoms with Gasteiger partial charge in [-0.1, -0.05) is 41.7 Å². The maximum atomic E-state index is 11.9. The van der Waals surface area contributed by atoms with Crippen LogP contribution < -0.4 is 5.32 Å². The Kier molecular flexibility index (Phi) is 3.15. The molecule has 0 bridgehead atoms. The van der Waals surface area contributed by atoms with Crippen molar-refractivity contribution in [1.29, 1.82) is 0 Å². The van der Waals surface area contributed by atoms with Crippen LogP contribution in [0.5, 0.6) is 0 Å². The summed E-state index contributed by atoms with van der Waals surface area (Å²) in [4.78, 5) is 26.5. The SMILES string of the molecule is O=C(O)Nc1ncc(C(=O)c2ccccc2)s1. The quantitative estimate of drug-likeness (QED) is 0.818. The first-order valence-corrected chi connectivity index (χ1v) is 5.54. The van der Waals surface area contributed by atoms with Crippen LogP contribution in [-0.2, 0) is 0 Å². The van der Waals surface area contributed by atoms with E-state index in [1.54, 1.807) is 24.3 Å². The number of carboxylic acid groups (broad SMARTS) is 1. The Labute approximate surface area is 101 Å². The van der Waals surface area contributed by atoms with E-state index in [4.69, 9.17) is 5.11 Å². The number of aromatic nitrogens is 1. The summed E-state index contributed by atoms with van der Waals surface area (Å²) in [6.45, 7) is 0. The number of rotatable bonds is 3. The Morgan fingerprint density at radius 2 is 1.94 bits per heavy atom. The normalized spacial score (nSPS) is 9.88. The number of benzene rings is 1. The van der Waals surface area contributed by atoms with Crippen molar-refractivity contribution < 1.29 is 14.7 Å². The summed E-state index contributed by atoms with van der Waals surface area (Å²) in [5.41, 5.74) is 0.554. The zero-order valence-electron chi connectivity index (χ0n) is 8.58. The van der Waals surface area contributed by atoms with Gasteiger partial charge in [0, 0.05) is 5.56 Å². The van der Waals surface area contributed by atoms with Crippen LogP contribution in [0.3, 0.4) is 0 Å². The molecule has 17 heavy (non-hydrogen) atoms. The van der Waals surface area contributed by atoms with Crippen LogP contribution in [0.15, 0.2) is 36.5 Å². The van der Waals surface area contributed by atoms with Crippen LogP contribution in [0.1, 0.15) is 15.2 Å². The maximum absolute atomic E-state index is 11.9. The Hall–Kier alpha value is -2.21. The highest BCUT2D eigenvalue weighted by Gasteiger charge is 2.13. The van der Waals surface area contributed by atoms with Gasteiger partial charge in [0.25, 0.3) is 0 Å². The molecule has 0 saturated heterocycles. The van der Waals surface area contributed by atoms with Crippen molar-refractivity contribution in [2.75, 3.05) is 5.32 Å². The Morgan fingerprint density at radius 3 is 2.59 bits per heavy atom. The molecule has 0 radical (unpaired) electrons. The zero-order chi connectivity index (χ0) is 12.3. The maximum Gasteiger partial charge on any atom is 0.410 e. The second-order valence-corrected chi connectivity index (χ2v) is 4.19. The molecule has 1 amide bonds. The van der Waals surface area contributed by atoms with Gasteiger partial charge in [0.1, 0.15) is 0 Å². The summed E-state index contributed by atoms with van der Waals surface area (Å²) in [5, 5.41) is 10.8. The molecule has 0 fully saturated rings. The number of anilines is 1. The minimum Gasteiger partial charge on any atom is -0.465 e. The molecule has 0 saturated carbocycles. The third kappa shape index (κ3) is 2.67. The molecular formula is C11H8N2O3S. The zero-order valence-corrected chi connectivity index (χ0v) is 9.40. The van der Waals surface area contributed by atoms with Crippen molar-refractivity contribution in [3.8, 4) is 0 Å². The van der Waals surface area contributed by atoms with E-state index in [1.165, 1.54) is 6.20 Å². The number of amides is 1. The van der Waals surface area contributed by atoms with E-state index in [0.717, 1.165) is 11.3 Å². The Bertz CT molecular complexity index is 551. The number of thiazole rings is 1. The smallest absolute Gasteiger partial charge is 0.410 e. The van der Waals surface area contributed by atoms with Crippen molar-refractivity contribution in [1.82, 2.24) is 4.98 Å². The van der Waals surface area contributed by atoms with E-state index in [0.29, 0.717) is 10.4 Å². The van der Waals surface area contributed by atoms with Gasteiger partial charge in [-0.05, 0) is 0 Å². The fourth-order valence-corrected chi connectivity index (χ4v) is 2.03. The summed E-state index contributed by atoms with van der Waals surface area (Å²) < 4.78 is 0. The molecule has 1 aromatic carbocycles. The molecule has 0 unspecified atom stereocenters. The number of nitrogens with zero attached hydrogens (tertiary/aromatic N) is 1. The van der Waals surface area contributed by atoms with Crippen LogP contribution in [0.25, 0.3) is 0 Å². The number of ketones is 1. The van der Waals surface area contributed by atoms with Gasteiger partial charge in [0.15, 0.2) is 5.13 Å². The molecule has 0 spiro atoms. The number of hydrogen-bond donors (Lipinski definition) is 2. The van der Waals surface area contributed by atoms with Crippen molar-refractivity contribution >= 4 is 28.3 Å². The predicted octanol–water partition coefficient (Wildman–Crippen LogP) is 2.46. The fourth-order valence-electron chi connectivity index (χ4n) is 1.26. The van der Waals surface area contributed by atoms with Gasteiger partial charge in [-0.3, -0.25) is 10.1 Å². The predicted molar refractivity (Wildman–Crippen MR) is 63.6 cm³/mol. The second kappa shape index (κ2) is 4.75. The molecule has 5 nitrogen and oxygen atoms in total. The van der Waals surface area contributed by atoms with E-state index < -0.39 is 6.09 Å². The highest BCUT2D eigenvalue weighted by atomic mass is 32.1. The minimum atomic E-state index is -1.20. The molecule has 6 heteroatoms. The molecule has 0 aliphatic heterocycles. The Morgan fingerprint density at radius 1 is 1.24 bits per heavy atom. The largest absolute Gasteiger partial charge is 0.465 e. The average molecular weight is 248 g/mol. The summed E-state index contributed by atoms with van der Waals surface area (Å²) in [6, 6.07) is 8.76. The molecule has 2 rings (SSSR count). The number of nitrogens with one attached hydrogen (secondary N) is 1. The summed E-state index contributed by atoms with van der Waals surface area (Å²) in [7, 11) is 0. The van der Waals surface area contributed by atoms with Crippen LogP contribution in [0.2, 0.25) is 0 Å². The summed E-state index contributed by atoms with van der Waals surface area (Å²) in [6.07, 6.45) is 0.170. The van der Waals surface area contributed by atoms with E-state index >= 15 is 0 Å². The molecule has 2 N–H and O–H groups in total. The number of hydrogen-bond acceptors (Lipinski definition) is 4. The topological polar surface area (TPSA) is 79.3 Å². The van der Waals surface area contributed by atoms with Gasteiger partial charge in [-0.15, -0.1) is 0 Å². The van der Waals surface area contributed by atoms with Crippen LogP contribution >= 0.6 is 11.3 Å². The molecule has 86 valence electrons. The van der Waals surface area contributed by atoms with Crippen LogP contribution in [0, 0.1) is 0 Å².